The first kappa shape index (κ1) is 9.68. The van der Waals surface area contributed by atoms with Gasteiger partial charge in [0.15, 0.2) is 0 Å². The summed E-state index contributed by atoms with van der Waals surface area (Å²) < 4.78 is 1.80. The summed E-state index contributed by atoms with van der Waals surface area (Å²) in [5.74, 6) is 1.05. The van der Waals surface area contributed by atoms with Crippen LogP contribution in [0, 0.1) is 0 Å². The first-order valence-electron chi connectivity index (χ1n) is 4.29. The minimum Gasteiger partial charge on any atom is -0.334 e. The van der Waals surface area contributed by atoms with E-state index in [1.165, 1.54) is 19.4 Å². The van der Waals surface area contributed by atoms with E-state index in [2.05, 4.69) is 53.8 Å². The molecule has 0 amide bonds. The Labute approximate surface area is 94.2 Å². The maximum absolute atomic E-state index is 4.42. The second kappa shape index (κ2) is 3.71. The number of hydrogen-bond donors (Lipinski definition) is 1. The summed E-state index contributed by atoms with van der Waals surface area (Å²) in [7, 11) is 2.14. The van der Waals surface area contributed by atoms with Crippen LogP contribution >= 0.6 is 31.9 Å². The number of imidazole rings is 1. The Hall–Kier alpha value is 0.130. The zero-order valence-corrected chi connectivity index (χ0v) is 10.5. The van der Waals surface area contributed by atoms with Crippen molar-refractivity contribution in [3.63, 3.8) is 0 Å². The quantitative estimate of drug-likeness (QED) is 0.865. The highest BCUT2D eigenvalue weighted by Gasteiger charge is 2.25. The number of likely N-dealkylation sites (tertiary alicyclic amines) is 1. The highest BCUT2D eigenvalue weighted by atomic mass is 79.9. The van der Waals surface area contributed by atoms with Gasteiger partial charge in [-0.05, 0) is 58.3 Å². The molecule has 1 unspecified atom stereocenters. The maximum atomic E-state index is 4.42. The van der Waals surface area contributed by atoms with Gasteiger partial charge >= 0.3 is 0 Å². The number of H-pyrrole nitrogens is 1. The molecular weight excluding hydrogens is 298 g/mol. The molecule has 1 fully saturated rings. The van der Waals surface area contributed by atoms with Crippen LogP contribution in [0.3, 0.4) is 0 Å². The van der Waals surface area contributed by atoms with Crippen molar-refractivity contribution in [3.05, 3.63) is 15.0 Å². The molecule has 0 aliphatic carbocycles. The molecule has 72 valence electrons. The molecule has 13 heavy (non-hydrogen) atoms. The van der Waals surface area contributed by atoms with E-state index < -0.39 is 0 Å². The Morgan fingerprint density at radius 2 is 2.31 bits per heavy atom. The van der Waals surface area contributed by atoms with E-state index >= 15 is 0 Å². The van der Waals surface area contributed by atoms with Gasteiger partial charge in [0.1, 0.15) is 15.0 Å². The Kier molecular flexibility index (Phi) is 2.76. The van der Waals surface area contributed by atoms with Crippen LogP contribution in [-0.4, -0.2) is 28.5 Å². The summed E-state index contributed by atoms with van der Waals surface area (Å²) in [5.41, 5.74) is 0. The third-order valence-corrected chi connectivity index (χ3v) is 4.15. The van der Waals surface area contributed by atoms with E-state index in [4.69, 9.17) is 0 Å². The molecule has 0 spiro atoms. The molecular formula is C8H11Br2N3. The van der Waals surface area contributed by atoms with E-state index in [1.54, 1.807) is 0 Å². The average molecular weight is 309 g/mol. The van der Waals surface area contributed by atoms with Gasteiger partial charge in [-0.25, -0.2) is 4.98 Å². The summed E-state index contributed by atoms with van der Waals surface area (Å²) in [6.45, 7) is 1.17. The molecule has 3 nitrogen and oxygen atoms in total. The molecule has 5 heteroatoms. The van der Waals surface area contributed by atoms with E-state index in [9.17, 15) is 0 Å². The molecule has 1 aromatic rings. The number of aromatic nitrogens is 2. The molecule has 2 heterocycles. The van der Waals surface area contributed by atoms with Crippen LogP contribution in [-0.2, 0) is 0 Å². The highest BCUT2D eigenvalue weighted by Crippen LogP contribution is 2.31. The normalized spacial score (nSPS) is 24.1. The summed E-state index contributed by atoms with van der Waals surface area (Å²) in [4.78, 5) is 9.98. The van der Waals surface area contributed by atoms with Gasteiger partial charge in [-0.15, -0.1) is 0 Å². The molecule has 0 bridgehead atoms. The van der Waals surface area contributed by atoms with E-state index in [-0.39, 0.29) is 0 Å². The first-order chi connectivity index (χ1) is 6.18. The van der Waals surface area contributed by atoms with Crippen LogP contribution in [0.15, 0.2) is 9.21 Å². The Balaban J connectivity index is 2.24. The average Bonchev–Trinajstić information content (AvgIpc) is 2.60. The van der Waals surface area contributed by atoms with Crippen LogP contribution < -0.4 is 0 Å². The van der Waals surface area contributed by atoms with Gasteiger partial charge in [0.05, 0.1) is 6.04 Å². The Bertz CT molecular complexity index is 291. The monoisotopic (exact) mass is 307 g/mol. The van der Waals surface area contributed by atoms with Crippen molar-refractivity contribution in [3.8, 4) is 0 Å². The molecule has 1 atom stereocenters. The van der Waals surface area contributed by atoms with Gasteiger partial charge in [-0.1, -0.05) is 0 Å². The SMILES string of the molecule is CN1CCCC1c1nc(Br)c(Br)[nH]1. The molecule has 1 N–H and O–H groups in total. The number of rotatable bonds is 1. The van der Waals surface area contributed by atoms with Crippen LogP contribution in [0.2, 0.25) is 0 Å². The molecule has 1 aromatic heterocycles. The van der Waals surface area contributed by atoms with Crippen molar-refractivity contribution in [2.24, 2.45) is 0 Å². The van der Waals surface area contributed by atoms with Gasteiger partial charge in [0.2, 0.25) is 0 Å². The number of nitrogens with one attached hydrogen (secondary N) is 1. The molecule has 0 aromatic carbocycles. The van der Waals surface area contributed by atoms with Crippen molar-refractivity contribution in [1.82, 2.24) is 14.9 Å². The van der Waals surface area contributed by atoms with Crippen molar-refractivity contribution in [2.45, 2.75) is 18.9 Å². The fraction of sp³-hybridized carbons (Fsp3) is 0.625. The smallest absolute Gasteiger partial charge is 0.138 e. The minimum atomic E-state index is 0.461. The van der Waals surface area contributed by atoms with Crippen molar-refractivity contribution < 1.29 is 0 Å². The largest absolute Gasteiger partial charge is 0.334 e. The number of halogens is 2. The van der Waals surface area contributed by atoms with Crippen molar-refractivity contribution >= 4 is 31.9 Å². The number of nitrogens with zero attached hydrogens (tertiary/aromatic N) is 2. The lowest BCUT2D eigenvalue weighted by molar-refractivity contribution is 0.307. The molecule has 0 radical (unpaired) electrons. The fourth-order valence-electron chi connectivity index (χ4n) is 1.76. The summed E-state index contributed by atoms with van der Waals surface area (Å²) in [6.07, 6.45) is 2.46. The van der Waals surface area contributed by atoms with E-state index in [0.717, 1.165) is 15.0 Å². The zero-order chi connectivity index (χ0) is 9.42. The molecule has 0 saturated carbocycles. The van der Waals surface area contributed by atoms with E-state index in [1.807, 2.05) is 0 Å². The lowest BCUT2D eigenvalue weighted by Crippen LogP contribution is -2.18. The lowest BCUT2D eigenvalue weighted by Gasteiger charge is -2.16. The second-order valence-electron chi connectivity index (χ2n) is 3.37. The predicted molar refractivity (Wildman–Crippen MR) is 58.6 cm³/mol. The summed E-state index contributed by atoms with van der Waals surface area (Å²) in [6, 6.07) is 0.461. The Morgan fingerprint density at radius 1 is 1.54 bits per heavy atom. The van der Waals surface area contributed by atoms with E-state index in [0.29, 0.717) is 6.04 Å². The van der Waals surface area contributed by atoms with Crippen LogP contribution in [0.25, 0.3) is 0 Å². The van der Waals surface area contributed by atoms with Crippen molar-refractivity contribution in [1.29, 1.82) is 0 Å². The second-order valence-corrected chi connectivity index (χ2v) is 4.91. The minimum absolute atomic E-state index is 0.461. The van der Waals surface area contributed by atoms with Gasteiger partial charge in [0, 0.05) is 0 Å². The fourth-order valence-corrected chi connectivity index (χ4v) is 2.34. The zero-order valence-electron chi connectivity index (χ0n) is 7.35. The Morgan fingerprint density at radius 3 is 2.77 bits per heavy atom. The van der Waals surface area contributed by atoms with Crippen LogP contribution in [0.4, 0.5) is 0 Å². The standard InChI is InChI=1S/C8H11Br2N3/c1-13-4-2-3-5(13)8-11-6(9)7(10)12-8/h5H,2-4H2,1H3,(H,11,12). The third-order valence-electron chi connectivity index (χ3n) is 2.47. The lowest BCUT2D eigenvalue weighted by atomic mass is 10.2. The van der Waals surface area contributed by atoms with Gasteiger partial charge in [0.25, 0.3) is 0 Å². The van der Waals surface area contributed by atoms with Gasteiger partial charge in [-0.3, -0.25) is 4.90 Å². The maximum Gasteiger partial charge on any atom is 0.138 e. The molecule has 1 aliphatic rings. The topological polar surface area (TPSA) is 31.9 Å². The van der Waals surface area contributed by atoms with Gasteiger partial charge in [-0.2, -0.15) is 0 Å². The van der Waals surface area contributed by atoms with Gasteiger partial charge < -0.3 is 4.98 Å². The predicted octanol–water partition coefficient (Wildman–Crippen LogP) is 2.70. The number of aromatic amines is 1. The molecule has 1 aliphatic heterocycles. The summed E-state index contributed by atoms with van der Waals surface area (Å²) in [5, 5.41) is 0. The van der Waals surface area contributed by atoms with Crippen molar-refractivity contribution in [2.75, 3.05) is 13.6 Å². The van der Waals surface area contributed by atoms with Crippen LogP contribution in [0.5, 0.6) is 0 Å². The number of hydrogen-bond acceptors (Lipinski definition) is 2. The highest BCUT2D eigenvalue weighted by molar-refractivity contribution is 9.13. The third kappa shape index (κ3) is 1.82. The van der Waals surface area contributed by atoms with Crippen LogP contribution in [0.1, 0.15) is 24.7 Å². The molecule has 1 saturated heterocycles. The first-order valence-corrected chi connectivity index (χ1v) is 5.88. The molecule has 2 rings (SSSR count). The summed E-state index contributed by atoms with van der Waals surface area (Å²) >= 11 is 6.77.